The summed E-state index contributed by atoms with van der Waals surface area (Å²) in [5.41, 5.74) is 1.02. The highest BCUT2D eigenvalue weighted by Crippen LogP contribution is 2.23. The zero-order chi connectivity index (χ0) is 15.4. The summed E-state index contributed by atoms with van der Waals surface area (Å²) >= 11 is 0. The third-order valence-corrected chi connectivity index (χ3v) is 4.07. The number of carbonyl (C=O) groups excluding carboxylic acids is 2. The fourth-order valence-electron chi connectivity index (χ4n) is 2.72. The van der Waals surface area contributed by atoms with Gasteiger partial charge in [-0.2, -0.15) is 0 Å². The predicted octanol–water partition coefficient (Wildman–Crippen LogP) is 1.92. The van der Waals surface area contributed by atoms with E-state index in [2.05, 4.69) is 11.8 Å². The molecule has 1 heterocycles. The maximum atomic E-state index is 11.6. The van der Waals surface area contributed by atoms with Crippen molar-refractivity contribution in [3.05, 3.63) is 29.8 Å². The number of likely N-dealkylation sites (N-methyl/N-ethyl adjacent to an activating group) is 1. The van der Waals surface area contributed by atoms with Crippen molar-refractivity contribution >= 4 is 11.8 Å². The van der Waals surface area contributed by atoms with Gasteiger partial charge in [-0.05, 0) is 31.2 Å². The van der Waals surface area contributed by atoms with Gasteiger partial charge in [0.1, 0.15) is 5.75 Å². The smallest absolute Gasteiger partial charge is 0.229 e. The van der Waals surface area contributed by atoms with Crippen molar-refractivity contribution in [3.63, 3.8) is 0 Å². The molecule has 5 heteroatoms. The minimum absolute atomic E-state index is 0.0685. The third kappa shape index (κ3) is 3.61. The van der Waals surface area contributed by atoms with Gasteiger partial charge in [0.25, 0.3) is 0 Å². The lowest BCUT2D eigenvalue weighted by Gasteiger charge is -2.29. The number of rotatable bonds is 6. The molecule has 2 amide bonds. The Labute approximate surface area is 125 Å². The van der Waals surface area contributed by atoms with E-state index in [9.17, 15) is 14.7 Å². The number of nitrogens with zero attached hydrogens (tertiary/aromatic N) is 2. The number of benzene rings is 1. The van der Waals surface area contributed by atoms with Crippen molar-refractivity contribution in [1.29, 1.82) is 0 Å². The lowest BCUT2D eigenvalue weighted by Crippen LogP contribution is -2.38. The summed E-state index contributed by atoms with van der Waals surface area (Å²) in [4.78, 5) is 26.8. The Morgan fingerprint density at radius 3 is 2.52 bits per heavy atom. The van der Waals surface area contributed by atoms with Crippen molar-refractivity contribution in [3.8, 4) is 5.75 Å². The van der Waals surface area contributed by atoms with Crippen LogP contribution in [0.1, 0.15) is 38.3 Å². The van der Waals surface area contributed by atoms with Gasteiger partial charge in [-0.15, -0.1) is 0 Å². The molecule has 1 unspecified atom stereocenters. The Hall–Kier alpha value is -1.88. The number of carbonyl (C=O) groups is 2. The lowest BCUT2D eigenvalue weighted by molar-refractivity contribution is -0.138. The van der Waals surface area contributed by atoms with E-state index in [1.807, 2.05) is 19.1 Å². The Balaban J connectivity index is 1.99. The average molecular weight is 290 g/mol. The highest BCUT2D eigenvalue weighted by atomic mass is 16.3. The highest BCUT2D eigenvalue weighted by molar-refractivity contribution is 6.01. The fourth-order valence-corrected chi connectivity index (χ4v) is 2.72. The zero-order valence-electron chi connectivity index (χ0n) is 12.6. The van der Waals surface area contributed by atoms with Crippen molar-refractivity contribution < 1.29 is 14.7 Å². The van der Waals surface area contributed by atoms with Crippen LogP contribution < -0.4 is 0 Å². The van der Waals surface area contributed by atoms with Crippen molar-refractivity contribution in [1.82, 2.24) is 9.80 Å². The van der Waals surface area contributed by atoms with Gasteiger partial charge in [0, 0.05) is 32.0 Å². The van der Waals surface area contributed by atoms with Gasteiger partial charge >= 0.3 is 0 Å². The van der Waals surface area contributed by atoms with E-state index in [1.165, 1.54) is 4.90 Å². The Bertz CT molecular complexity index is 514. The summed E-state index contributed by atoms with van der Waals surface area (Å²) in [5, 5.41) is 9.57. The molecular formula is C16H22N2O3. The molecule has 114 valence electrons. The van der Waals surface area contributed by atoms with E-state index in [0.29, 0.717) is 25.9 Å². The highest BCUT2D eigenvalue weighted by Gasteiger charge is 2.29. The standard InChI is InChI=1S/C16H22N2O3/c1-3-17(9-10-18-15(20)7-8-16(18)21)12(2)13-5-4-6-14(19)11-13/h4-6,11-12,19H,3,7-10H2,1-2H3. The maximum Gasteiger partial charge on any atom is 0.229 e. The molecule has 0 spiro atoms. The summed E-state index contributed by atoms with van der Waals surface area (Å²) in [6.45, 7) is 6.01. The normalized spacial score (nSPS) is 16.8. The molecule has 1 aromatic carbocycles. The predicted molar refractivity (Wildman–Crippen MR) is 79.7 cm³/mol. The second-order valence-electron chi connectivity index (χ2n) is 5.34. The van der Waals surface area contributed by atoms with Crippen LogP contribution in [0.3, 0.4) is 0 Å². The number of likely N-dealkylation sites (tertiary alicyclic amines) is 1. The molecule has 1 N–H and O–H groups in total. The second kappa shape index (κ2) is 6.72. The molecule has 0 aromatic heterocycles. The van der Waals surface area contributed by atoms with Gasteiger partial charge < -0.3 is 5.11 Å². The first kappa shape index (κ1) is 15.5. The first-order valence-electron chi connectivity index (χ1n) is 7.39. The SMILES string of the molecule is CCN(CCN1C(=O)CCC1=O)C(C)c1cccc(O)c1. The molecule has 21 heavy (non-hydrogen) atoms. The Morgan fingerprint density at radius 2 is 1.95 bits per heavy atom. The molecule has 1 aromatic rings. The monoisotopic (exact) mass is 290 g/mol. The van der Waals surface area contributed by atoms with E-state index in [0.717, 1.165) is 12.1 Å². The second-order valence-corrected chi connectivity index (χ2v) is 5.34. The van der Waals surface area contributed by atoms with Gasteiger partial charge in [0.05, 0.1) is 0 Å². The number of phenolic OH excluding ortho intramolecular Hbond substituents is 1. The molecule has 0 bridgehead atoms. The number of aromatic hydroxyl groups is 1. The van der Waals surface area contributed by atoms with Gasteiger partial charge in [0.2, 0.25) is 11.8 Å². The van der Waals surface area contributed by atoms with Crippen LogP contribution in [0.15, 0.2) is 24.3 Å². The van der Waals surface area contributed by atoms with Gasteiger partial charge in [-0.1, -0.05) is 19.1 Å². The molecule has 0 aliphatic carbocycles. The Kier molecular flexibility index (Phi) is 4.96. The molecule has 0 saturated carbocycles. The van der Waals surface area contributed by atoms with Crippen LogP contribution in [0.5, 0.6) is 5.75 Å². The van der Waals surface area contributed by atoms with Crippen LogP contribution in [-0.2, 0) is 9.59 Å². The van der Waals surface area contributed by atoms with Gasteiger partial charge in [-0.3, -0.25) is 19.4 Å². The van der Waals surface area contributed by atoms with Gasteiger partial charge in [-0.25, -0.2) is 0 Å². The molecular weight excluding hydrogens is 268 g/mol. The van der Waals surface area contributed by atoms with Crippen LogP contribution in [0.4, 0.5) is 0 Å². The molecule has 1 atom stereocenters. The maximum absolute atomic E-state index is 11.6. The average Bonchev–Trinajstić information content (AvgIpc) is 2.79. The molecule has 1 aliphatic rings. The first-order chi connectivity index (χ1) is 10.0. The third-order valence-electron chi connectivity index (χ3n) is 4.07. The van der Waals surface area contributed by atoms with Crippen LogP contribution in [0.25, 0.3) is 0 Å². The number of hydrogen-bond donors (Lipinski definition) is 1. The fraction of sp³-hybridized carbons (Fsp3) is 0.500. The Morgan fingerprint density at radius 1 is 1.29 bits per heavy atom. The van der Waals surface area contributed by atoms with Gasteiger partial charge in [0.15, 0.2) is 0 Å². The number of hydrogen-bond acceptors (Lipinski definition) is 4. The minimum atomic E-state index is -0.0685. The van der Waals surface area contributed by atoms with E-state index in [1.54, 1.807) is 12.1 Å². The quantitative estimate of drug-likeness (QED) is 0.813. The van der Waals surface area contributed by atoms with Crippen molar-refractivity contribution in [2.45, 2.75) is 32.7 Å². The van der Waals surface area contributed by atoms with E-state index in [4.69, 9.17) is 0 Å². The van der Waals surface area contributed by atoms with Crippen molar-refractivity contribution in [2.24, 2.45) is 0 Å². The van der Waals surface area contributed by atoms with E-state index < -0.39 is 0 Å². The largest absolute Gasteiger partial charge is 0.508 e. The molecule has 5 nitrogen and oxygen atoms in total. The number of imide groups is 1. The minimum Gasteiger partial charge on any atom is -0.508 e. The molecule has 1 aliphatic heterocycles. The zero-order valence-corrected chi connectivity index (χ0v) is 12.6. The summed E-state index contributed by atoms with van der Waals surface area (Å²) in [7, 11) is 0. The van der Waals surface area contributed by atoms with Crippen LogP contribution in [0.2, 0.25) is 0 Å². The number of amides is 2. The molecule has 2 rings (SSSR count). The first-order valence-corrected chi connectivity index (χ1v) is 7.39. The molecule has 1 fully saturated rings. The number of phenols is 1. The molecule has 0 radical (unpaired) electrons. The summed E-state index contributed by atoms with van der Waals surface area (Å²) in [6, 6.07) is 7.31. The van der Waals surface area contributed by atoms with Crippen LogP contribution in [0, 0.1) is 0 Å². The molecule has 1 saturated heterocycles. The van der Waals surface area contributed by atoms with Crippen LogP contribution >= 0.6 is 0 Å². The summed E-state index contributed by atoms with van der Waals surface area (Å²) < 4.78 is 0. The topological polar surface area (TPSA) is 60.9 Å². The van der Waals surface area contributed by atoms with E-state index in [-0.39, 0.29) is 23.6 Å². The summed E-state index contributed by atoms with van der Waals surface area (Å²) in [5.74, 6) is 0.113. The van der Waals surface area contributed by atoms with E-state index >= 15 is 0 Å². The lowest BCUT2D eigenvalue weighted by atomic mass is 10.1. The summed E-state index contributed by atoms with van der Waals surface area (Å²) in [6.07, 6.45) is 0.681. The van der Waals surface area contributed by atoms with Crippen molar-refractivity contribution in [2.75, 3.05) is 19.6 Å². The van der Waals surface area contributed by atoms with Crippen LogP contribution in [-0.4, -0.2) is 46.4 Å².